The molecule has 0 radical (unpaired) electrons. The van der Waals surface area contributed by atoms with Gasteiger partial charge in [0.05, 0.1) is 6.61 Å². The summed E-state index contributed by atoms with van der Waals surface area (Å²) in [6.07, 6.45) is 26.6. The van der Waals surface area contributed by atoms with Crippen LogP contribution in [0.2, 0.25) is 0 Å². The number of phosphoric acid groups is 1. The predicted molar refractivity (Wildman–Crippen MR) is 129 cm³/mol. The summed E-state index contributed by atoms with van der Waals surface area (Å²) in [5.41, 5.74) is 0. The molecule has 170 valence electrons. The van der Waals surface area contributed by atoms with Crippen LogP contribution in [-0.4, -0.2) is 20.8 Å². The van der Waals surface area contributed by atoms with E-state index in [1.807, 2.05) is 0 Å². The van der Waals surface area contributed by atoms with Crippen LogP contribution < -0.4 is 0 Å². The first-order chi connectivity index (χ1) is 13.6. The van der Waals surface area contributed by atoms with Gasteiger partial charge in [-0.1, -0.05) is 138 Å². The smallest absolute Gasteiger partial charge is 0.303 e. The van der Waals surface area contributed by atoms with Crippen molar-refractivity contribution >= 4 is 30.4 Å². The van der Waals surface area contributed by atoms with Gasteiger partial charge in [0.25, 0.3) is 0 Å². The number of hydrogen-bond acceptors (Lipinski definition) is 2. The van der Waals surface area contributed by atoms with Crippen molar-refractivity contribution in [3.63, 3.8) is 0 Å². The van der Waals surface area contributed by atoms with E-state index in [0.29, 0.717) is 0 Å². The molecule has 0 bridgehead atoms. The number of halogens is 1. The molecular weight excluding hydrogens is 486 g/mol. The molecule has 0 aliphatic rings. The highest BCUT2D eigenvalue weighted by Crippen LogP contribution is 2.35. The van der Waals surface area contributed by atoms with Gasteiger partial charge in [0.1, 0.15) is 0 Å². The molecule has 0 atom stereocenters. The molecule has 0 saturated carbocycles. The second kappa shape index (κ2) is 22.5. The zero-order valence-electron chi connectivity index (χ0n) is 18.1. The van der Waals surface area contributed by atoms with Crippen LogP contribution in [0.4, 0.5) is 0 Å². The summed E-state index contributed by atoms with van der Waals surface area (Å²) in [4.78, 5) is 17.1. The molecular formula is C22H46IO4P. The van der Waals surface area contributed by atoms with Gasteiger partial charge in [0, 0.05) is 0 Å². The molecule has 0 saturated heterocycles. The van der Waals surface area contributed by atoms with Crippen molar-refractivity contribution in [3.05, 3.63) is 0 Å². The maximum absolute atomic E-state index is 10.5. The average molecular weight is 532 g/mol. The van der Waals surface area contributed by atoms with Gasteiger partial charge in [-0.2, -0.15) is 0 Å². The van der Waals surface area contributed by atoms with E-state index in [9.17, 15) is 4.57 Å². The van der Waals surface area contributed by atoms with Crippen molar-refractivity contribution in [2.45, 2.75) is 128 Å². The molecule has 0 unspecified atom stereocenters. The van der Waals surface area contributed by atoms with Gasteiger partial charge in [-0.25, -0.2) is 4.57 Å². The van der Waals surface area contributed by atoms with Crippen LogP contribution >= 0.6 is 30.4 Å². The molecule has 0 aliphatic carbocycles. The molecule has 6 heteroatoms. The third kappa shape index (κ3) is 26.8. The molecule has 0 rings (SSSR count). The minimum absolute atomic E-state index is 0.170. The average Bonchev–Trinajstić information content (AvgIpc) is 2.65. The maximum Gasteiger partial charge on any atom is 0.469 e. The van der Waals surface area contributed by atoms with Crippen molar-refractivity contribution < 1.29 is 18.9 Å². The van der Waals surface area contributed by atoms with Crippen LogP contribution in [0.3, 0.4) is 0 Å². The quantitative estimate of drug-likeness (QED) is 0.0601. The van der Waals surface area contributed by atoms with E-state index in [1.165, 1.54) is 114 Å². The monoisotopic (exact) mass is 532 g/mol. The lowest BCUT2D eigenvalue weighted by Gasteiger charge is -2.05. The summed E-state index contributed by atoms with van der Waals surface area (Å²) in [6.45, 7) is 0.170. The Morgan fingerprint density at radius 1 is 0.500 bits per heavy atom. The highest BCUT2D eigenvalue weighted by Gasteiger charge is 2.12. The van der Waals surface area contributed by atoms with E-state index in [1.54, 1.807) is 0 Å². The van der Waals surface area contributed by atoms with Crippen LogP contribution in [0.25, 0.3) is 0 Å². The van der Waals surface area contributed by atoms with E-state index in [4.69, 9.17) is 9.79 Å². The van der Waals surface area contributed by atoms with Crippen LogP contribution in [0, 0.1) is 0 Å². The van der Waals surface area contributed by atoms with Crippen molar-refractivity contribution in [2.75, 3.05) is 11.0 Å². The zero-order valence-corrected chi connectivity index (χ0v) is 21.1. The van der Waals surface area contributed by atoms with E-state index in [2.05, 4.69) is 27.1 Å². The summed E-state index contributed by atoms with van der Waals surface area (Å²) >= 11 is 2.47. The molecule has 0 aromatic heterocycles. The first kappa shape index (κ1) is 28.8. The summed E-state index contributed by atoms with van der Waals surface area (Å²) in [7, 11) is -4.26. The van der Waals surface area contributed by atoms with E-state index in [0.717, 1.165) is 19.3 Å². The summed E-state index contributed by atoms with van der Waals surface area (Å²) in [5, 5.41) is 0. The molecule has 0 aromatic rings. The Balaban J connectivity index is 3.02. The van der Waals surface area contributed by atoms with Gasteiger partial charge in [-0.3, -0.25) is 4.52 Å². The van der Waals surface area contributed by atoms with Gasteiger partial charge in [0.15, 0.2) is 0 Å². The van der Waals surface area contributed by atoms with Crippen LogP contribution in [-0.2, 0) is 9.09 Å². The minimum Gasteiger partial charge on any atom is -0.303 e. The fraction of sp³-hybridized carbons (Fsp3) is 1.00. The van der Waals surface area contributed by atoms with Gasteiger partial charge in [-0.15, -0.1) is 0 Å². The van der Waals surface area contributed by atoms with Crippen LogP contribution in [0.1, 0.15) is 128 Å². The molecule has 0 aromatic carbocycles. The molecule has 0 amide bonds. The summed E-state index contributed by atoms with van der Waals surface area (Å²) in [5.74, 6) is 0. The Bertz CT molecular complexity index is 349. The Kier molecular flexibility index (Phi) is 23.2. The zero-order chi connectivity index (χ0) is 20.8. The molecule has 0 fully saturated rings. The fourth-order valence-corrected chi connectivity index (χ4v) is 4.47. The van der Waals surface area contributed by atoms with Crippen molar-refractivity contribution in [1.29, 1.82) is 0 Å². The highest BCUT2D eigenvalue weighted by molar-refractivity contribution is 14.1. The number of phosphoric ester groups is 1. The lowest BCUT2D eigenvalue weighted by molar-refractivity contribution is 0.193. The first-order valence-electron chi connectivity index (χ1n) is 11.8. The normalized spacial score (nSPS) is 12.0. The molecule has 2 N–H and O–H groups in total. The second-order valence-electron chi connectivity index (χ2n) is 8.08. The van der Waals surface area contributed by atoms with Gasteiger partial charge in [-0.05, 0) is 17.3 Å². The highest BCUT2D eigenvalue weighted by atomic mass is 127. The third-order valence-corrected chi connectivity index (χ3v) is 6.57. The van der Waals surface area contributed by atoms with E-state index < -0.39 is 7.82 Å². The largest absolute Gasteiger partial charge is 0.469 e. The Labute approximate surface area is 188 Å². The number of hydrogen-bond donors (Lipinski definition) is 2. The predicted octanol–water partition coefficient (Wildman–Crippen LogP) is 8.33. The van der Waals surface area contributed by atoms with E-state index >= 15 is 0 Å². The topological polar surface area (TPSA) is 66.8 Å². The van der Waals surface area contributed by atoms with Gasteiger partial charge in [0.2, 0.25) is 0 Å². The number of rotatable bonds is 23. The first-order valence-corrected chi connectivity index (χ1v) is 14.9. The molecule has 0 aliphatic heterocycles. The summed E-state index contributed by atoms with van der Waals surface area (Å²) < 4.78 is 16.3. The minimum atomic E-state index is -4.26. The lowest BCUT2D eigenvalue weighted by Crippen LogP contribution is -1.92. The third-order valence-electron chi connectivity index (χ3n) is 5.29. The van der Waals surface area contributed by atoms with Crippen LogP contribution in [0.15, 0.2) is 0 Å². The van der Waals surface area contributed by atoms with Crippen molar-refractivity contribution in [2.24, 2.45) is 0 Å². The molecule has 4 nitrogen and oxygen atoms in total. The van der Waals surface area contributed by atoms with Crippen LogP contribution in [0.5, 0.6) is 0 Å². The van der Waals surface area contributed by atoms with Crippen molar-refractivity contribution in [3.8, 4) is 0 Å². The number of alkyl halides is 1. The Morgan fingerprint density at radius 2 is 0.750 bits per heavy atom. The standard InChI is InChI=1S/C22H46IO4P/c23-21-19-17-15-13-11-9-7-5-3-1-2-4-6-8-10-12-14-16-18-20-22-27-28(24,25)26/h1-22H2,(H2,24,25,26). The Hall–Kier alpha value is 0.840. The van der Waals surface area contributed by atoms with Gasteiger partial charge < -0.3 is 9.79 Å². The second-order valence-corrected chi connectivity index (χ2v) is 10.4. The van der Waals surface area contributed by atoms with Gasteiger partial charge >= 0.3 is 7.82 Å². The molecule has 0 heterocycles. The molecule has 0 spiro atoms. The summed E-state index contributed by atoms with van der Waals surface area (Å²) in [6, 6.07) is 0. The number of unbranched alkanes of at least 4 members (excludes halogenated alkanes) is 19. The maximum atomic E-state index is 10.5. The van der Waals surface area contributed by atoms with Crippen molar-refractivity contribution in [1.82, 2.24) is 0 Å². The van der Waals surface area contributed by atoms with E-state index in [-0.39, 0.29) is 6.61 Å². The SMILES string of the molecule is O=P(O)(O)OCCCCCCCCCCCCCCCCCCCCCCI. The Morgan fingerprint density at radius 3 is 1.00 bits per heavy atom. The lowest BCUT2D eigenvalue weighted by atomic mass is 10.0. The fourth-order valence-electron chi connectivity index (χ4n) is 3.56. The molecule has 28 heavy (non-hydrogen) atoms.